The van der Waals surface area contributed by atoms with E-state index >= 15 is 0 Å². The number of hydrogen-bond acceptors (Lipinski definition) is 4. The minimum atomic E-state index is -0.964. The molecule has 0 aliphatic carbocycles. The molecule has 2 atom stereocenters. The summed E-state index contributed by atoms with van der Waals surface area (Å²) in [5.74, 6) is -0.271. The maximum absolute atomic E-state index is 11.2. The van der Waals surface area contributed by atoms with Crippen molar-refractivity contribution in [2.24, 2.45) is 5.73 Å². The van der Waals surface area contributed by atoms with Gasteiger partial charge in [0.1, 0.15) is 0 Å². The van der Waals surface area contributed by atoms with Crippen LogP contribution in [0.25, 0.3) is 0 Å². The molecule has 0 bridgehead atoms. The molecule has 1 aliphatic rings. The van der Waals surface area contributed by atoms with Crippen molar-refractivity contribution in [3.63, 3.8) is 0 Å². The maximum Gasteiger partial charge on any atom is 0.407 e. The molecular weight excluding hydrogens is 224 g/mol. The number of nitrogens with zero attached hydrogens (tertiary/aromatic N) is 1. The molecule has 6 heteroatoms. The van der Waals surface area contributed by atoms with Crippen LogP contribution in [0.2, 0.25) is 0 Å². The fraction of sp³-hybridized carbons (Fsp3) is 0.818. The number of amides is 1. The number of hydrogen-bond donors (Lipinski definition) is 2. The topological polar surface area (TPSA) is 92.9 Å². The Morgan fingerprint density at radius 1 is 1.47 bits per heavy atom. The number of nitrogens with two attached hydrogens (primary N) is 1. The number of carbonyl (C=O) groups is 2. The van der Waals surface area contributed by atoms with E-state index in [0.29, 0.717) is 26.0 Å². The molecule has 0 aromatic heterocycles. The number of carboxylic acid groups (broad SMARTS) is 1. The molecule has 0 radical (unpaired) electrons. The lowest BCUT2D eigenvalue weighted by molar-refractivity contribution is -0.143. The van der Waals surface area contributed by atoms with Crippen LogP contribution < -0.4 is 5.73 Å². The van der Waals surface area contributed by atoms with Gasteiger partial charge in [-0.3, -0.25) is 4.79 Å². The van der Waals surface area contributed by atoms with Crippen molar-refractivity contribution in [3.8, 4) is 0 Å². The summed E-state index contributed by atoms with van der Waals surface area (Å²) in [7, 11) is 0. The van der Waals surface area contributed by atoms with Crippen molar-refractivity contribution in [1.82, 2.24) is 4.90 Å². The SMILES string of the molecule is CCOC(=O)CC[C@H]1CC[C@@H](N)CN1C(=O)O. The third kappa shape index (κ3) is 4.22. The van der Waals surface area contributed by atoms with Crippen molar-refractivity contribution < 1.29 is 19.4 Å². The summed E-state index contributed by atoms with van der Waals surface area (Å²) in [5, 5.41) is 9.05. The van der Waals surface area contributed by atoms with Crippen LogP contribution >= 0.6 is 0 Å². The number of esters is 1. The summed E-state index contributed by atoms with van der Waals surface area (Å²) in [6.45, 7) is 2.46. The molecule has 1 amide bonds. The minimum Gasteiger partial charge on any atom is -0.466 e. The van der Waals surface area contributed by atoms with Crippen molar-refractivity contribution in [1.29, 1.82) is 0 Å². The fourth-order valence-corrected chi connectivity index (χ4v) is 2.11. The molecule has 0 aromatic carbocycles. The van der Waals surface area contributed by atoms with Gasteiger partial charge < -0.3 is 20.5 Å². The van der Waals surface area contributed by atoms with Crippen molar-refractivity contribution in [2.45, 2.75) is 44.7 Å². The minimum absolute atomic E-state index is 0.0926. The van der Waals surface area contributed by atoms with E-state index in [1.807, 2.05) is 0 Å². The fourth-order valence-electron chi connectivity index (χ4n) is 2.11. The molecule has 0 spiro atoms. The average molecular weight is 244 g/mol. The van der Waals surface area contributed by atoms with Gasteiger partial charge in [-0.25, -0.2) is 4.79 Å². The van der Waals surface area contributed by atoms with E-state index in [1.54, 1.807) is 6.92 Å². The molecule has 1 fully saturated rings. The zero-order valence-electron chi connectivity index (χ0n) is 10.1. The van der Waals surface area contributed by atoms with Crippen LogP contribution in [-0.2, 0) is 9.53 Å². The third-order valence-corrected chi connectivity index (χ3v) is 2.98. The first-order valence-electron chi connectivity index (χ1n) is 5.95. The van der Waals surface area contributed by atoms with E-state index in [9.17, 15) is 9.59 Å². The van der Waals surface area contributed by atoms with Crippen molar-refractivity contribution in [3.05, 3.63) is 0 Å². The molecule has 6 nitrogen and oxygen atoms in total. The third-order valence-electron chi connectivity index (χ3n) is 2.98. The smallest absolute Gasteiger partial charge is 0.407 e. The van der Waals surface area contributed by atoms with Crippen molar-refractivity contribution >= 4 is 12.1 Å². The molecule has 98 valence electrons. The molecule has 3 N–H and O–H groups in total. The highest BCUT2D eigenvalue weighted by atomic mass is 16.5. The molecule has 0 unspecified atom stereocenters. The Labute approximate surface area is 101 Å². The molecule has 0 saturated carbocycles. The van der Waals surface area contributed by atoms with Gasteiger partial charge in [-0.1, -0.05) is 0 Å². The predicted octanol–water partition coefficient (Wildman–Crippen LogP) is 0.799. The van der Waals surface area contributed by atoms with Gasteiger partial charge >= 0.3 is 12.1 Å². The lowest BCUT2D eigenvalue weighted by Gasteiger charge is -2.36. The van der Waals surface area contributed by atoms with Crippen LogP contribution in [0, 0.1) is 0 Å². The Morgan fingerprint density at radius 2 is 2.18 bits per heavy atom. The van der Waals surface area contributed by atoms with Crippen LogP contribution in [0.1, 0.15) is 32.6 Å². The van der Waals surface area contributed by atoms with E-state index in [-0.39, 0.29) is 24.5 Å². The van der Waals surface area contributed by atoms with E-state index < -0.39 is 6.09 Å². The number of ether oxygens (including phenoxy) is 1. The Hall–Kier alpha value is -1.30. The normalized spacial score (nSPS) is 24.5. The van der Waals surface area contributed by atoms with Gasteiger partial charge in [-0.15, -0.1) is 0 Å². The standard InChI is InChI=1S/C11H20N2O4/c1-2-17-10(14)6-5-9-4-3-8(12)7-13(9)11(15)16/h8-9H,2-7,12H2,1H3,(H,15,16)/t8-,9-/m1/s1. The summed E-state index contributed by atoms with van der Waals surface area (Å²) < 4.78 is 4.82. The Morgan fingerprint density at radius 3 is 2.76 bits per heavy atom. The van der Waals surface area contributed by atoms with Crippen LogP contribution in [0.3, 0.4) is 0 Å². The molecular formula is C11H20N2O4. The first-order chi connectivity index (χ1) is 8.04. The molecule has 1 heterocycles. The predicted molar refractivity (Wildman–Crippen MR) is 61.6 cm³/mol. The number of carbonyl (C=O) groups excluding carboxylic acids is 1. The summed E-state index contributed by atoms with van der Waals surface area (Å²) >= 11 is 0. The first kappa shape index (κ1) is 13.8. The molecule has 1 saturated heterocycles. The summed E-state index contributed by atoms with van der Waals surface area (Å²) in [6, 6.07) is -0.207. The zero-order valence-corrected chi connectivity index (χ0v) is 10.1. The highest BCUT2D eigenvalue weighted by molar-refractivity contribution is 5.69. The molecule has 17 heavy (non-hydrogen) atoms. The van der Waals surface area contributed by atoms with E-state index in [0.717, 1.165) is 6.42 Å². The van der Waals surface area contributed by atoms with E-state index in [2.05, 4.69) is 0 Å². The Balaban J connectivity index is 2.44. The zero-order chi connectivity index (χ0) is 12.8. The van der Waals surface area contributed by atoms with Gasteiger partial charge in [0, 0.05) is 25.0 Å². The lowest BCUT2D eigenvalue weighted by atomic mass is 9.96. The van der Waals surface area contributed by atoms with Gasteiger partial charge in [-0.05, 0) is 26.2 Å². The van der Waals surface area contributed by atoms with Crippen LogP contribution in [0.5, 0.6) is 0 Å². The first-order valence-corrected chi connectivity index (χ1v) is 5.95. The molecule has 0 aromatic rings. The summed E-state index contributed by atoms with van der Waals surface area (Å²) in [5.41, 5.74) is 5.73. The van der Waals surface area contributed by atoms with Gasteiger partial charge in [0.2, 0.25) is 0 Å². The molecule has 1 aliphatic heterocycles. The van der Waals surface area contributed by atoms with Gasteiger partial charge in [0.15, 0.2) is 0 Å². The summed E-state index contributed by atoms with van der Waals surface area (Å²) in [6.07, 6.45) is 1.33. The van der Waals surface area contributed by atoms with Crippen LogP contribution in [-0.4, -0.2) is 47.3 Å². The number of rotatable bonds is 4. The Bertz CT molecular complexity index is 283. The summed E-state index contributed by atoms with van der Waals surface area (Å²) in [4.78, 5) is 23.6. The van der Waals surface area contributed by atoms with Crippen LogP contribution in [0.4, 0.5) is 4.79 Å². The highest BCUT2D eigenvalue weighted by Crippen LogP contribution is 2.20. The molecule has 1 rings (SSSR count). The number of likely N-dealkylation sites (tertiary alicyclic amines) is 1. The quantitative estimate of drug-likeness (QED) is 0.713. The van der Waals surface area contributed by atoms with Gasteiger partial charge in [0.25, 0.3) is 0 Å². The van der Waals surface area contributed by atoms with Crippen molar-refractivity contribution in [2.75, 3.05) is 13.2 Å². The lowest BCUT2D eigenvalue weighted by Crippen LogP contribution is -2.51. The largest absolute Gasteiger partial charge is 0.466 e. The van der Waals surface area contributed by atoms with Gasteiger partial charge in [-0.2, -0.15) is 0 Å². The maximum atomic E-state index is 11.2. The highest BCUT2D eigenvalue weighted by Gasteiger charge is 2.30. The van der Waals surface area contributed by atoms with Crippen LogP contribution in [0.15, 0.2) is 0 Å². The average Bonchev–Trinajstić information content (AvgIpc) is 2.27. The van der Waals surface area contributed by atoms with Gasteiger partial charge in [0.05, 0.1) is 6.61 Å². The second-order valence-electron chi connectivity index (χ2n) is 4.27. The monoisotopic (exact) mass is 244 g/mol. The van der Waals surface area contributed by atoms with E-state index in [4.69, 9.17) is 15.6 Å². The second-order valence-corrected chi connectivity index (χ2v) is 4.27. The van der Waals surface area contributed by atoms with E-state index in [1.165, 1.54) is 4.90 Å². The second kappa shape index (κ2) is 6.44. The Kier molecular flexibility index (Phi) is 5.21. The number of piperidine rings is 1.